The van der Waals surface area contributed by atoms with Gasteiger partial charge in [0.05, 0.1) is 18.0 Å². The fourth-order valence-corrected chi connectivity index (χ4v) is 2.47. The molecule has 0 N–H and O–H groups in total. The summed E-state index contributed by atoms with van der Waals surface area (Å²) in [6.07, 6.45) is 0. The van der Waals surface area contributed by atoms with E-state index in [1.165, 1.54) is 0 Å². The number of benzene rings is 1. The van der Waals surface area contributed by atoms with Gasteiger partial charge in [-0.1, -0.05) is 0 Å². The smallest absolute Gasteiger partial charge is 0.272 e. The highest BCUT2D eigenvalue weighted by atomic mass is 16.5. The Labute approximate surface area is 119 Å². The van der Waals surface area contributed by atoms with E-state index in [0.717, 1.165) is 28.3 Å². The molecule has 106 valence electrons. The first kappa shape index (κ1) is 14.3. The van der Waals surface area contributed by atoms with Crippen molar-refractivity contribution in [2.24, 2.45) is 7.05 Å². The van der Waals surface area contributed by atoms with E-state index < -0.39 is 0 Å². The summed E-state index contributed by atoms with van der Waals surface area (Å²) >= 11 is 0. The highest BCUT2D eigenvalue weighted by Gasteiger charge is 2.13. The predicted molar refractivity (Wildman–Crippen MR) is 80.3 cm³/mol. The molecule has 0 amide bonds. The Bertz CT molecular complexity index is 702. The summed E-state index contributed by atoms with van der Waals surface area (Å²) in [6.45, 7) is 8.28. The molecule has 20 heavy (non-hydrogen) atoms. The summed E-state index contributed by atoms with van der Waals surface area (Å²) in [4.78, 5) is 16.4. The molecule has 2 aromatic rings. The number of nitrogens with zero attached hydrogens (tertiary/aromatic N) is 2. The molecule has 0 fully saturated rings. The first-order valence-electron chi connectivity index (χ1n) is 6.73. The van der Waals surface area contributed by atoms with Crippen molar-refractivity contribution >= 4 is 0 Å². The second kappa shape index (κ2) is 5.49. The molecule has 1 aromatic carbocycles. The van der Waals surface area contributed by atoms with Crippen molar-refractivity contribution in [1.82, 2.24) is 9.55 Å². The van der Waals surface area contributed by atoms with Gasteiger partial charge in [-0.2, -0.15) is 0 Å². The monoisotopic (exact) mass is 272 g/mol. The van der Waals surface area contributed by atoms with Gasteiger partial charge in [-0.3, -0.25) is 9.78 Å². The lowest BCUT2D eigenvalue weighted by atomic mass is 10.0. The van der Waals surface area contributed by atoms with Crippen LogP contribution in [0.3, 0.4) is 0 Å². The standard InChI is InChI=1S/C16H20N2O2/c1-6-20-13-7-8-14(10(2)9-13)15-11(3)17-12(4)16(19)18(15)5/h7-9H,6H2,1-5H3. The predicted octanol–water partition coefficient (Wildman–Crippen LogP) is 2.77. The third-order valence-electron chi connectivity index (χ3n) is 3.39. The Balaban J connectivity index is 2.63. The molecule has 2 rings (SSSR count). The number of hydrogen-bond acceptors (Lipinski definition) is 3. The summed E-state index contributed by atoms with van der Waals surface area (Å²) in [7, 11) is 1.79. The quantitative estimate of drug-likeness (QED) is 0.863. The van der Waals surface area contributed by atoms with Crippen molar-refractivity contribution in [3.63, 3.8) is 0 Å². The van der Waals surface area contributed by atoms with Crippen LogP contribution in [-0.4, -0.2) is 16.2 Å². The second-order valence-electron chi connectivity index (χ2n) is 4.91. The third-order valence-corrected chi connectivity index (χ3v) is 3.39. The minimum Gasteiger partial charge on any atom is -0.494 e. The summed E-state index contributed by atoms with van der Waals surface area (Å²) < 4.78 is 7.16. The average molecular weight is 272 g/mol. The number of aromatic nitrogens is 2. The molecule has 0 radical (unpaired) electrons. The van der Waals surface area contributed by atoms with Crippen LogP contribution in [0.5, 0.6) is 5.75 Å². The normalized spacial score (nSPS) is 10.7. The maximum atomic E-state index is 12.1. The van der Waals surface area contributed by atoms with Crippen LogP contribution in [0.4, 0.5) is 0 Å². The highest BCUT2D eigenvalue weighted by Crippen LogP contribution is 2.27. The summed E-state index contributed by atoms with van der Waals surface area (Å²) in [6, 6.07) is 5.90. The van der Waals surface area contributed by atoms with E-state index in [1.807, 2.05) is 39.0 Å². The van der Waals surface area contributed by atoms with Crippen LogP contribution in [0.2, 0.25) is 0 Å². The zero-order chi connectivity index (χ0) is 14.9. The van der Waals surface area contributed by atoms with Crippen molar-refractivity contribution in [2.45, 2.75) is 27.7 Å². The Morgan fingerprint density at radius 2 is 1.90 bits per heavy atom. The van der Waals surface area contributed by atoms with Gasteiger partial charge >= 0.3 is 0 Å². The van der Waals surface area contributed by atoms with E-state index in [-0.39, 0.29) is 5.56 Å². The zero-order valence-corrected chi connectivity index (χ0v) is 12.7. The van der Waals surface area contributed by atoms with Crippen LogP contribution in [-0.2, 0) is 7.05 Å². The Hall–Kier alpha value is -2.10. The minimum atomic E-state index is -0.0566. The van der Waals surface area contributed by atoms with Gasteiger partial charge < -0.3 is 9.30 Å². The molecule has 4 nitrogen and oxygen atoms in total. The van der Waals surface area contributed by atoms with E-state index in [9.17, 15) is 4.79 Å². The Morgan fingerprint density at radius 1 is 1.20 bits per heavy atom. The molecule has 0 spiro atoms. The lowest BCUT2D eigenvalue weighted by Gasteiger charge is -2.15. The van der Waals surface area contributed by atoms with Crippen LogP contribution in [0.25, 0.3) is 11.3 Å². The highest BCUT2D eigenvalue weighted by molar-refractivity contribution is 5.67. The molecule has 4 heteroatoms. The number of hydrogen-bond donors (Lipinski definition) is 0. The van der Waals surface area contributed by atoms with Gasteiger partial charge in [-0.05, 0) is 51.5 Å². The average Bonchev–Trinajstić information content (AvgIpc) is 2.39. The summed E-state index contributed by atoms with van der Waals surface area (Å²) in [5.74, 6) is 0.844. The van der Waals surface area contributed by atoms with Crippen LogP contribution in [0, 0.1) is 20.8 Å². The molecule has 0 aliphatic rings. The maximum absolute atomic E-state index is 12.1. The molecule has 1 heterocycles. The van der Waals surface area contributed by atoms with Crippen molar-refractivity contribution in [2.75, 3.05) is 6.61 Å². The van der Waals surface area contributed by atoms with Gasteiger partial charge in [0.15, 0.2) is 0 Å². The van der Waals surface area contributed by atoms with Crippen molar-refractivity contribution < 1.29 is 4.74 Å². The van der Waals surface area contributed by atoms with Gasteiger partial charge in [0.1, 0.15) is 11.4 Å². The SMILES string of the molecule is CCOc1ccc(-c2c(C)nc(C)c(=O)n2C)c(C)c1. The number of ether oxygens (including phenoxy) is 1. The molecule has 0 saturated carbocycles. The third kappa shape index (κ3) is 2.46. The first-order valence-corrected chi connectivity index (χ1v) is 6.73. The van der Waals surface area contributed by atoms with Crippen molar-refractivity contribution in [3.8, 4) is 17.0 Å². The van der Waals surface area contributed by atoms with Crippen LogP contribution < -0.4 is 10.3 Å². The maximum Gasteiger partial charge on any atom is 0.272 e. The van der Waals surface area contributed by atoms with Crippen LogP contribution in [0.15, 0.2) is 23.0 Å². The summed E-state index contributed by atoms with van der Waals surface area (Å²) in [5, 5.41) is 0. The Kier molecular flexibility index (Phi) is 3.93. The lowest BCUT2D eigenvalue weighted by molar-refractivity contribution is 0.340. The van der Waals surface area contributed by atoms with Crippen LogP contribution >= 0.6 is 0 Å². The van der Waals surface area contributed by atoms with E-state index in [2.05, 4.69) is 4.98 Å². The van der Waals surface area contributed by atoms with Gasteiger partial charge in [0.25, 0.3) is 5.56 Å². The minimum absolute atomic E-state index is 0.0566. The van der Waals surface area contributed by atoms with Gasteiger partial charge in [0, 0.05) is 12.6 Å². The molecule has 0 aliphatic carbocycles. The molecular formula is C16H20N2O2. The van der Waals surface area contributed by atoms with E-state index >= 15 is 0 Å². The fraction of sp³-hybridized carbons (Fsp3) is 0.375. The first-order chi connectivity index (χ1) is 9.45. The van der Waals surface area contributed by atoms with Crippen molar-refractivity contribution in [1.29, 1.82) is 0 Å². The topological polar surface area (TPSA) is 44.1 Å². The largest absolute Gasteiger partial charge is 0.494 e. The fourth-order valence-electron chi connectivity index (χ4n) is 2.47. The second-order valence-corrected chi connectivity index (χ2v) is 4.91. The van der Waals surface area contributed by atoms with Gasteiger partial charge in [-0.15, -0.1) is 0 Å². The van der Waals surface area contributed by atoms with Gasteiger partial charge in [-0.25, -0.2) is 0 Å². The zero-order valence-electron chi connectivity index (χ0n) is 12.7. The molecule has 0 atom stereocenters. The van der Waals surface area contributed by atoms with E-state index in [4.69, 9.17) is 4.74 Å². The summed E-state index contributed by atoms with van der Waals surface area (Å²) in [5.41, 5.74) is 4.27. The molecule has 0 aliphatic heterocycles. The molecule has 0 unspecified atom stereocenters. The van der Waals surface area contributed by atoms with E-state index in [0.29, 0.717) is 12.3 Å². The number of rotatable bonds is 3. The molecule has 0 bridgehead atoms. The van der Waals surface area contributed by atoms with Gasteiger partial charge in [0.2, 0.25) is 0 Å². The van der Waals surface area contributed by atoms with Crippen molar-refractivity contribution in [3.05, 3.63) is 45.5 Å². The number of aryl methyl sites for hydroxylation is 3. The van der Waals surface area contributed by atoms with E-state index in [1.54, 1.807) is 18.5 Å². The van der Waals surface area contributed by atoms with Crippen LogP contribution in [0.1, 0.15) is 23.9 Å². The lowest BCUT2D eigenvalue weighted by Crippen LogP contribution is -2.23. The Morgan fingerprint density at radius 3 is 2.50 bits per heavy atom. The molecular weight excluding hydrogens is 252 g/mol. The molecule has 1 aromatic heterocycles. The molecule has 0 saturated heterocycles.